The molecule has 5 heterocycles. The second-order valence-corrected chi connectivity index (χ2v) is 22.5. The van der Waals surface area contributed by atoms with Crippen LogP contribution in [0.15, 0.2) is 309 Å². The summed E-state index contributed by atoms with van der Waals surface area (Å²) in [4.78, 5) is 47.4. The predicted octanol–water partition coefficient (Wildman–Crippen LogP) is 19.1. The van der Waals surface area contributed by atoms with Crippen LogP contribution in [-0.2, 0) is 0 Å². The monoisotopic (exact) mass is 1180 g/mol. The number of hydrogen-bond acceptors (Lipinski definition) is 9. The van der Waals surface area contributed by atoms with E-state index < -0.39 is 0 Å². The Labute approximate surface area is 529 Å². The molecular formula is C81H51N11. The summed E-state index contributed by atoms with van der Waals surface area (Å²) < 4.78 is 4.69. The molecule has 0 unspecified atom stereocenters. The third kappa shape index (κ3) is 9.70. The van der Waals surface area contributed by atoms with Crippen molar-refractivity contribution < 1.29 is 0 Å². The minimum Gasteiger partial charge on any atom is -0.309 e. The van der Waals surface area contributed by atoms with E-state index in [-0.39, 0.29) is 0 Å². The molecule has 0 amide bonds. The zero-order chi connectivity index (χ0) is 60.9. The Bertz CT molecular complexity index is 5250. The van der Waals surface area contributed by atoms with Gasteiger partial charge in [-0.1, -0.05) is 261 Å². The molecule has 0 saturated heterocycles. The Hall–Kier alpha value is -12.7. The number of aromatic nitrogens is 11. The summed E-state index contributed by atoms with van der Waals surface area (Å²) in [7, 11) is 0. The summed E-state index contributed by atoms with van der Waals surface area (Å²) in [5.74, 6) is 4.91. The Morgan fingerprint density at radius 3 is 0.935 bits per heavy atom. The van der Waals surface area contributed by atoms with Crippen LogP contribution in [0, 0.1) is 0 Å². The summed E-state index contributed by atoms with van der Waals surface area (Å²) in [6.45, 7) is 0. The van der Waals surface area contributed by atoms with E-state index in [4.69, 9.17) is 44.9 Å². The third-order valence-electron chi connectivity index (χ3n) is 16.9. The normalized spacial score (nSPS) is 11.5. The lowest BCUT2D eigenvalue weighted by Gasteiger charge is -2.17. The molecule has 17 rings (SSSR count). The number of nitrogens with zero attached hydrogens (tertiary/aromatic N) is 11. The Morgan fingerprint density at radius 1 is 0.185 bits per heavy atom. The SMILES string of the molecule is c1ccc(-c2nc(-c3ccccc3)nc(-c3ccc4c5ccc(-c6nc(-c7ccccc7)nc(-c7ccccc7)n6)cc5n(-c5ccc(-c6cccc7c6c6ccccc6n7-c6ccccc6)cc5-c5nc(-c6ccccc6)nc(-c6ccccc6)n5)c4c3)n2)cc1. The van der Waals surface area contributed by atoms with Gasteiger partial charge in [-0.25, -0.2) is 44.9 Å². The first kappa shape index (κ1) is 53.5. The quantitative estimate of drug-likeness (QED) is 0.118. The van der Waals surface area contributed by atoms with Crippen LogP contribution in [0.5, 0.6) is 0 Å². The van der Waals surface area contributed by atoms with Crippen LogP contribution in [0.2, 0.25) is 0 Å². The molecule has 0 aliphatic rings. The topological polar surface area (TPSA) is 126 Å². The zero-order valence-corrected chi connectivity index (χ0v) is 49.4. The van der Waals surface area contributed by atoms with Crippen molar-refractivity contribution in [3.8, 4) is 125 Å². The van der Waals surface area contributed by atoms with Crippen LogP contribution in [-0.4, -0.2) is 54.0 Å². The fraction of sp³-hybridized carbons (Fsp3) is 0. The summed E-state index contributed by atoms with van der Waals surface area (Å²) in [5, 5.41) is 4.27. The van der Waals surface area contributed by atoms with Crippen molar-refractivity contribution in [3.63, 3.8) is 0 Å². The predicted molar refractivity (Wildman–Crippen MR) is 370 cm³/mol. The van der Waals surface area contributed by atoms with Gasteiger partial charge in [0, 0.05) is 77.3 Å². The number of fused-ring (bicyclic) bond motifs is 6. The molecule has 0 aliphatic carbocycles. The Balaban J connectivity index is 0.969. The molecule has 0 aliphatic heterocycles. The molecule has 12 aromatic carbocycles. The molecule has 0 radical (unpaired) electrons. The van der Waals surface area contributed by atoms with Crippen molar-refractivity contribution in [2.24, 2.45) is 0 Å². The molecule has 0 saturated carbocycles. The van der Waals surface area contributed by atoms with E-state index in [1.165, 1.54) is 0 Å². The third-order valence-corrected chi connectivity index (χ3v) is 16.9. The highest BCUT2D eigenvalue weighted by atomic mass is 15.1. The first-order valence-corrected chi connectivity index (χ1v) is 30.5. The van der Waals surface area contributed by atoms with Gasteiger partial charge in [0.2, 0.25) is 0 Å². The maximum Gasteiger partial charge on any atom is 0.166 e. The summed E-state index contributed by atoms with van der Waals surface area (Å²) >= 11 is 0. The lowest BCUT2D eigenvalue weighted by atomic mass is 9.96. The van der Waals surface area contributed by atoms with E-state index in [1.807, 2.05) is 182 Å². The molecule has 92 heavy (non-hydrogen) atoms. The summed E-state index contributed by atoms with van der Waals surface area (Å²) in [5.41, 5.74) is 15.6. The van der Waals surface area contributed by atoms with Gasteiger partial charge in [-0.2, -0.15) is 0 Å². The van der Waals surface area contributed by atoms with Gasteiger partial charge in [-0.15, -0.1) is 0 Å². The van der Waals surface area contributed by atoms with Gasteiger partial charge in [0.1, 0.15) is 0 Å². The lowest BCUT2D eigenvalue weighted by molar-refractivity contribution is 1.06. The first-order chi connectivity index (χ1) is 45.6. The second kappa shape index (κ2) is 22.8. The minimum atomic E-state index is 0.491. The van der Waals surface area contributed by atoms with Crippen LogP contribution in [0.3, 0.4) is 0 Å². The van der Waals surface area contributed by atoms with Crippen LogP contribution in [0.1, 0.15) is 0 Å². The Morgan fingerprint density at radius 2 is 0.522 bits per heavy atom. The smallest absolute Gasteiger partial charge is 0.166 e. The van der Waals surface area contributed by atoms with Crippen molar-refractivity contribution >= 4 is 43.6 Å². The van der Waals surface area contributed by atoms with Crippen molar-refractivity contribution in [3.05, 3.63) is 309 Å². The minimum absolute atomic E-state index is 0.491. The van der Waals surface area contributed by atoms with Gasteiger partial charge in [-0.05, 0) is 59.7 Å². The molecule has 0 bridgehead atoms. The Kier molecular flexibility index (Phi) is 13.2. The maximum absolute atomic E-state index is 5.51. The number of para-hydroxylation sites is 2. The number of hydrogen-bond donors (Lipinski definition) is 0. The number of benzene rings is 12. The highest BCUT2D eigenvalue weighted by Crippen LogP contribution is 2.44. The van der Waals surface area contributed by atoms with Gasteiger partial charge in [0.05, 0.1) is 27.8 Å². The molecular weight excluding hydrogens is 1130 g/mol. The largest absolute Gasteiger partial charge is 0.309 e. The fourth-order valence-corrected chi connectivity index (χ4v) is 12.6. The molecule has 11 nitrogen and oxygen atoms in total. The highest BCUT2D eigenvalue weighted by molar-refractivity contribution is 6.16. The summed E-state index contributed by atoms with van der Waals surface area (Å²) in [6.07, 6.45) is 0. The van der Waals surface area contributed by atoms with Crippen LogP contribution < -0.4 is 0 Å². The van der Waals surface area contributed by atoms with Gasteiger partial charge < -0.3 is 9.13 Å². The first-order valence-electron chi connectivity index (χ1n) is 30.5. The fourth-order valence-electron chi connectivity index (χ4n) is 12.6. The number of rotatable bonds is 12. The molecule has 0 N–H and O–H groups in total. The van der Waals surface area contributed by atoms with Gasteiger partial charge >= 0.3 is 0 Å². The molecule has 0 spiro atoms. The standard InChI is InChI=1S/C81H51N11/c1-8-25-52(26-9-1)73-82-74(53-27-10-2-11-28-53)86-79(85-73)59-43-46-63-64-47-44-60(80-87-75(54-29-12-3-13-30-54)83-76(88-80)55-31-14-4-15-32-55)51-71(64)92(70(63)50-59)68-48-45-58(62-40-24-42-69-72(62)65-39-22-23-41-67(65)91(69)61-37-20-7-21-38-61)49-66(68)81-89-77(56-33-16-5-17-34-56)84-78(90-81)57-35-18-6-19-36-57/h1-51H. The summed E-state index contributed by atoms with van der Waals surface area (Å²) in [6, 6.07) is 106. The van der Waals surface area contributed by atoms with Crippen molar-refractivity contribution in [1.29, 1.82) is 0 Å². The second-order valence-electron chi connectivity index (χ2n) is 22.5. The average molecular weight is 1180 g/mol. The van der Waals surface area contributed by atoms with Crippen LogP contribution in [0.25, 0.3) is 169 Å². The van der Waals surface area contributed by atoms with Gasteiger partial charge in [-0.3, -0.25) is 0 Å². The molecule has 11 heteroatoms. The van der Waals surface area contributed by atoms with E-state index in [0.717, 1.165) is 116 Å². The zero-order valence-electron chi connectivity index (χ0n) is 49.4. The lowest BCUT2D eigenvalue weighted by Crippen LogP contribution is -2.04. The van der Waals surface area contributed by atoms with Crippen LogP contribution in [0.4, 0.5) is 0 Å². The van der Waals surface area contributed by atoms with Gasteiger partial charge in [0.25, 0.3) is 0 Å². The maximum atomic E-state index is 5.51. The van der Waals surface area contributed by atoms with Crippen molar-refractivity contribution in [2.45, 2.75) is 0 Å². The van der Waals surface area contributed by atoms with E-state index in [2.05, 4.69) is 137 Å². The molecule has 17 aromatic rings. The molecule has 5 aromatic heterocycles. The molecule has 0 fully saturated rings. The van der Waals surface area contributed by atoms with Crippen LogP contribution >= 0.6 is 0 Å². The van der Waals surface area contributed by atoms with Gasteiger partial charge in [0.15, 0.2) is 52.4 Å². The van der Waals surface area contributed by atoms with Crippen molar-refractivity contribution in [1.82, 2.24) is 54.0 Å². The van der Waals surface area contributed by atoms with E-state index >= 15 is 0 Å². The molecule has 430 valence electrons. The average Bonchev–Trinajstić information content (AvgIpc) is 1.57. The highest BCUT2D eigenvalue weighted by Gasteiger charge is 2.25. The van der Waals surface area contributed by atoms with Crippen molar-refractivity contribution in [2.75, 3.05) is 0 Å². The van der Waals surface area contributed by atoms with E-state index in [1.54, 1.807) is 0 Å². The van der Waals surface area contributed by atoms with E-state index in [0.29, 0.717) is 52.4 Å². The molecule has 0 atom stereocenters. The van der Waals surface area contributed by atoms with E-state index in [9.17, 15) is 0 Å².